The first-order valence-corrected chi connectivity index (χ1v) is 9.41. The number of halogens is 2. The maximum atomic E-state index is 12.3. The van der Waals surface area contributed by atoms with Crippen LogP contribution in [0.1, 0.15) is 0 Å². The molecule has 2 N–H and O–H groups in total. The van der Waals surface area contributed by atoms with Crippen LogP contribution in [-0.4, -0.2) is 34.2 Å². The predicted molar refractivity (Wildman–Crippen MR) is 95.4 cm³/mol. The van der Waals surface area contributed by atoms with Gasteiger partial charge >= 0.3 is 0 Å². The molecule has 1 heterocycles. The van der Waals surface area contributed by atoms with E-state index >= 15 is 0 Å². The van der Waals surface area contributed by atoms with E-state index in [0.29, 0.717) is 32.7 Å². The largest absolute Gasteiger partial charge is 0.352 e. The molecule has 0 unspecified atom stereocenters. The Bertz CT molecular complexity index is 679. The van der Waals surface area contributed by atoms with Gasteiger partial charge in [0.2, 0.25) is 11.0 Å². The van der Waals surface area contributed by atoms with Crippen LogP contribution in [0.25, 0.3) is 0 Å². The van der Waals surface area contributed by atoms with Gasteiger partial charge in [-0.05, 0) is 24.3 Å². The molecule has 0 aliphatic rings. The van der Waals surface area contributed by atoms with Crippen molar-refractivity contribution in [1.29, 1.82) is 0 Å². The normalized spacial score (nSPS) is 10.6. The summed E-state index contributed by atoms with van der Waals surface area (Å²) in [5.74, 6) is -2.28. The third-order valence-electron chi connectivity index (χ3n) is 2.51. The van der Waals surface area contributed by atoms with Gasteiger partial charge in [0.25, 0.3) is 5.76 Å². The lowest BCUT2D eigenvalue weighted by molar-refractivity contribution is -0.118. The number of rotatable bonds is 9. The number of alkyl halides is 2. The Balaban J connectivity index is 1.84. The number of hydrogen-bond acceptors (Lipinski definition) is 7. The molecule has 1 amide bonds. The monoisotopic (exact) mass is 388 g/mol. The Morgan fingerprint density at radius 1 is 1.33 bits per heavy atom. The molecule has 1 aromatic carbocycles. The molecule has 2 rings (SSSR count). The quantitative estimate of drug-likeness (QED) is 0.500. The number of aromatic nitrogens is 2. The maximum Gasteiger partial charge on any atom is 0.288 e. The molecule has 0 aliphatic carbocycles. The minimum Gasteiger partial charge on any atom is -0.352 e. The van der Waals surface area contributed by atoms with Gasteiger partial charge in [0.1, 0.15) is 0 Å². The van der Waals surface area contributed by atoms with Crippen LogP contribution in [0.3, 0.4) is 0 Å². The topological polar surface area (TPSA) is 66.9 Å². The van der Waals surface area contributed by atoms with Gasteiger partial charge in [0, 0.05) is 17.1 Å². The number of thioether (sulfide) groups is 2. The van der Waals surface area contributed by atoms with Crippen molar-refractivity contribution in [1.82, 2.24) is 15.5 Å². The molecule has 0 saturated heterocycles. The highest BCUT2D eigenvalue weighted by molar-refractivity contribution is 8.01. The van der Waals surface area contributed by atoms with Crippen molar-refractivity contribution in [2.75, 3.05) is 17.6 Å². The summed E-state index contributed by atoms with van der Waals surface area (Å²) in [5.41, 5.74) is 0.727. The highest BCUT2D eigenvalue weighted by atomic mass is 32.2. The molecule has 10 heteroatoms. The Morgan fingerprint density at radius 2 is 2.08 bits per heavy atom. The second-order valence-electron chi connectivity index (χ2n) is 4.28. The smallest absolute Gasteiger partial charge is 0.288 e. The van der Waals surface area contributed by atoms with Crippen LogP contribution in [-0.2, 0) is 4.79 Å². The summed E-state index contributed by atoms with van der Waals surface area (Å²) in [4.78, 5) is 12.0. The van der Waals surface area contributed by atoms with Crippen molar-refractivity contribution in [3.63, 3.8) is 0 Å². The highest BCUT2D eigenvalue weighted by Crippen LogP contribution is 2.29. The molecule has 2 aromatic rings. The van der Waals surface area contributed by atoms with E-state index in [9.17, 15) is 13.6 Å². The number of nitrogens with zero attached hydrogens (tertiary/aromatic N) is 2. The van der Waals surface area contributed by atoms with E-state index in [4.69, 9.17) is 0 Å². The van der Waals surface area contributed by atoms with E-state index < -0.39 is 5.76 Å². The number of benzene rings is 1. The third kappa shape index (κ3) is 6.46. The standard InChI is InChI=1S/C14H14F2N4OS3/c1-2-7-17-11(21)8-22-14-20-19-13(24-14)18-9-3-5-10(6-4-9)23-12(15)16/h2-6,12H,1,7-8H2,(H,17,21)(H,18,19). The van der Waals surface area contributed by atoms with E-state index in [1.54, 1.807) is 30.3 Å². The van der Waals surface area contributed by atoms with Crippen LogP contribution in [0, 0.1) is 0 Å². The molecule has 0 fully saturated rings. The zero-order chi connectivity index (χ0) is 17.4. The minimum absolute atomic E-state index is 0.100. The second kappa shape index (κ2) is 9.60. The number of carbonyl (C=O) groups is 1. The van der Waals surface area contributed by atoms with E-state index in [1.807, 2.05) is 0 Å². The third-order valence-corrected chi connectivity index (χ3v) is 5.20. The molecule has 0 saturated carbocycles. The van der Waals surface area contributed by atoms with Crippen molar-refractivity contribution in [3.8, 4) is 0 Å². The summed E-state index contributed by atoms with van der Waals surface area (Å²) in [5, 5.41) is 14.3. The van der Waals surface area contributed by atoms with Gasteiger partial charge in [-0.2, -0.15) is 8.78 Å². The lowest BCUT2D eigenvalue weighted by Crippen LogP contribution is -2.24. The van der Waals surface area contributed by atoms with Crippen LogP contribution >= 0.6 is 34.9 Å². The maximum absolute atomic E-state index is 12.3. The molecule has 128 valence electrons. The van der Waals surface area contributed by atoms with Gasteiger partial charge in [0.15, 0.2) is 4.34 Å². The van der Waals surface area contributed by atoms with E-state index in [0.717, 1.165) is 5.69 Å². The number of nitrogens with one attached hydrogen (secondary N) is 2. The first-order valence-electron chi connectivity index (χ1n) is 6.72. The summed E-state index contributed by atoms with van der Waals surface area (Å²) in [6.45, 7) is 3.96. The first kappa shape index (κ1) is 18.7. The molecule has 5 nitrogen and oxygen atoms in total. The Hall–Kier alpha value is -1.65. The van der Waals surface area contributed by atoms with E-state index in [1.165, 1.54) is 23.1 Å². The zero-order valence-corrected chi connectivity index (χ0v) is 14.8. The summed E-state index contributed by atoms with van der Waals surface area (Å²) in [6, 6.07) is 6.61. The fourth-order valence-corrected chi connectivity index (χ4v) is 3.63. The summed E-state index contributed by atoms with van der Waals surface area (Å²) < 4.78 is 25.2. The summed E-state index contributed by atoms with van der Waals surface area (Å²) >= 11 is 3.10. The van der Waals surface area contributed by atoms with Crippen LogP contribution in [0.5, 0.6) is 0 Å². The second-order valence-corrected chi connectivity index (χ2v) is 7.55. The summed E-state index contributed by atoms with van der Waals surface area (Å²) in [6.07, 6.45) is 1.61. The van der Waals surface area contributed by atoms with Gasteiger partial charge in [-0.1, -0.05) is 40.9 Å². The molecule has 0 atom stereocenters. The summed E-state index contributed by atoms with van der Waals surface area (Å²) in [7, 11) is 0. The molecule has 0 aliphatic heterocycles. The minimum atomic E-state index is -2.43. The molecular weight excluding hydrogens is 374 g/mol. The van der Waals surface area contributed by atoms with Gasteiger partial charge in [0.05, 0.1) is 5.75 Å². The fourth-order valence-electron chi connectivity index (χ4n) is 1.53. The van der Waals surface area contributed by atoms with Crippen molar-refractivity contribution >= 4 is 51.6 Å². The van der Waals surface area contributed by atoms with Crippen molar-refractivity contribution in [3.05, 3.63) is 36.9 Å². The number of carbonyl (C=O) groups excluding carboxylic acids is 1. The molecule has 0 spiro atoms. The molecule has 1 aromatic heterocycles. The average molecular weight is 388 g/mol. The Labute approximate surface area is 150 Å². The van der Waals surface area contributed by atoms with Crippen molar-refractivity contribution < 1.29 is 13.6 Å². The molecular formula is C14H14F2N4OS3. The van der Waals surface area contributed by atoms with Gasteiger partial charge < -0.3 is 10.6 Å². The highest BCUT2D eigenvalue weighted by Gasteiger charge is 2.09. The molecule has 24 heavy (non-hydrogen) atoms. The molecule has 0 bridgehead atoms. The zero-order valence-electron chi connectivity index (χ0n) is 12.4. The van der Waals surface area contributed by atoms with Gasteiger partial charge in [-0.15, -0.1) is 16.8 Å². The van der Waals surface area contributed by atoms with Gasteiger partial charge in [-0.25, -0.2) is 0 Å². The Morgan fingerprint density at radius 3 is 2.75 bits per heavy atom. The Kier molecular flexibility index (Phi) is 7.47. The lowest BCUT2D eigenvalue weighted by atomic mass is 10.3. The van der Waals surface area contributed by atoms with Crippen molar-refractivity contribution in [2.45, 2.75) is 15.0 Å². The van der Waals surface area contributed by atoms with Crippen molar-refractivity contribution in [2.24, 2.45) is 0 Å². The van der Waals surface area contributed by atoms with Crippen LogP contribution in [0.15, 0.2) is 46.2 Å². The predicted octanol–water partition coefficient (Wildman–Crippen LogP) is 3.99. The van der Waals surface area contributed by atoms with E-state index in [-0.39, 0.29) is 11.7 Å². The first-order chi connectivity index (χ1) is 11.6. The fraction of sp³-hybridized carbons (Fsp3) is 0.214. The van der Waals surface area contributed by atoms with Gasteiger partial charge in [-0.3, -0.25) is 4.79 Å². The number of amides is 1. The SMILES string of the molecule is C=CCNC(=O)CSc1nnc(Nc2ccc(SC(F)F)cc2)s1. The van der Waals surface area contributed by atoms with Crippen LogP contribution in [0.4, 0.5) is 19.6 Å². The molecule has 0 radical (unpaired) electrons. The van der Waals surface area contributed by atoms with Crippen LogP contribution in [0.2, 0.25) is 0 Å². The van der Waals surface area contributed by atoms with Crippen LogP contribution < -0.4 is 10.6 Å². The lowest BCUT2D eigenvalue weighted by Gasteiger charge is -2.03. The average Bonchev–Trinajstić information content (AvgIpc) is 3.00. The number of anilines is 2. The van der Waals surface area contributed by atoms with E-state index in [2.05, 4.69) is 27.4 Å². The number of hydrogen-bond donors (Lipinski definition) is 2.